The number of aromatic nitrogens is 2. The molecule has 0 spiro atoms. The second-order valence-corrected chi connectivity index (χ2v) is 5.90. The first-order chi connectivity index (χ1) is 10.3. The van der Waals surface area contributed by atoms with Crippen LogP contribution in [0.25, 0.3) is 21.9 Å². The Morgan fingerprint density at radius 2 is 1.86 bits per heavy atom. The van der Waals surface area contributed by atoms with Crippen LogP contribution in [0.2, 0.25) is 0 Å². The maximum absolute atomic E-state index is 13.3. The summed E-state index contributed by atoms with van der Waals surface area (Å²) in [5, 5.41) is 7.45. The molecule has 3 nitrogen and oxygen atoms in total. The van der Waals surface area contributed by atoms with Crippen LogP contribution in [0.3, 0.4) is 0 Å². The van der Waals surface area contributed by atoms with Gasteiger partial charge in [-0.3, -0.25) is 0 Å². The van der Waals surface area contributed by atoms with E-state index in [1.54, 1.807) is 25.1 Å². The molecule has 3 rings (SSSR count). The van der Waals surface area contributed by atoms with E-state index in [-0.39, 0.29) is 11.5 Å². The quantitative estimate of drug-likeness (QED) is 0.658. The smallest absolute Gasteiger partial charge is 0.420 e. The molecule has 0 unspecified atom stereocenters. The average molecular weight is 324 g/mol. The van der Waals surface area contributed by atoms with Crippen LogP contribution in [-0.2, 0) is 6.18 Å². The lowest BCUT2D eigenvalue weighted by atomic mass is 10.0. The number of halogens is 3. The third-order valence-electron chi connectivity index (χ3n) is 3.06. The minimum atomic E-state index is -4.43. The van der Waals surface area contributed by atoms with Gasteiger partial charge < -0.3 is 4.42 Å². The Morgan fingerprint density at radius 3 is 2.45 bits per heavy atom. The molecule has 0 atom stereocenters. The number of hydrogen-bond acceptors (Lipinski definition) is 4. The second kappa shape index (κ2) is 5.24. The molecule has 3 aromatic rings. The number of alkyl halides is 3. The van der Waals surface area contributed by atoms with Crippen molar-refractivity contribution in [2.24, 2.45) is 0 Å². The zero-order chi connectivity index (χ0) is 15.9. The topological polar surface area (TPSA) is 38.9 Å². The Balaban J connectivity index is 2.18. The summed E-state index contributed by atoms with van der Waals surface area (Å²) in [7, 11) is 0. The lowest BCUT2D eigenvalue weighted by Gasteiger charge is -2.08. The Morgan fingerprint density at radius 1 is 1.09 bits per heavy atom. The number of nitrogens with zero attached hydrogens (tertiary/aromatic N) is 2. The van der Waals surface area contributed by atoms with E-state index in [9.17, 15) is 13.2 Å². The molecular weight excluding hydrogens is 313 g/mol. The van der Waals surface area contributed by atoms with Crippen LogP contribution in [0.15, 0.2) is 34.7 Å². The largest absolute Gasteiger partial charge is 0.426 e. The van der Waals surface area contributed by atoms with Crippen LogP contribution in [-0.4, -0.2) is 10.2 Å². The van der Waals surface area contributed by atoms with Crippen LogP contribution in [0, 0.1) is 13.8 Å². The maximum atomic E-state index is 13.3. The minimum absolute atomic E-state index is 0.104. The van der Waals surface area contributed by atoms with Crippen molar-refractivity contribution in [1.29, 1.82) is 0 Å². The van der Waals surface area contributed by atoms with Gasteiger partial charge in [-0.1, -0.05) is 29.8 Å². The van der Waals surface area contributed by atoms with Crippen molar-refractivity contribution in [3.63, 3.8) is 0 Å². The van der Waals surface area contributed by atoms with Crippen molar-refractivity contribution in [3.05, 3.63) is 46.7 Å². The molecule has 2 aromatic heterocycles. The van der Waals surface area contributed by atoms with Gasteiger partial charge in [0.2, 0.25) is 5.89 Å². The minimum Gasteiger partial charge on any atom is -0.420 e. The zero-order valence-corrected chi connectivity index (χ0v) is 12.5. The van der Waals surface area contributed by atoms with Crippen molar-refractivity contribution < 1.29 is 17.6 Å². The van der Waals surface area contributed by atoms with Crippen molar-refractivity contribution in [3.8, 4) is 21.9 Å². The fourth-order valence-electron chi connectivity index (χ4n) is 2.13. The highest BCUT2D eigenvalue weighted by atomic mass is 32.1. The molecule has 0 fully saturated rings. The third-order valence-corrected chi connectivity index (χ3v) is 4.22. The standard InChI is InChI=1S/C15H11F3N2OS/c1-8-4-3-5-10(6-8)11-7-12(14-20-19-9(2)21-14)22-13(11)15(16,17)18/h3-7H,1-2H3. The molecule has 0 bridgehead atoms. The lowest BCUT2D eigenvalue weighted by molar-refractivity contribution is -0.133. The molecule has 7 heteroatoms. The number of benzene rings is 1. The molecule has 22 heavy (non-hydrogen) atoms. The van der Waals surface area contributed by atoms with Gasteiger partial charge >= 0.3 is 6.18 Å². The van der Waals surface area contributed by atoms with Gasteiger partial charge in [0, 0.05) is 12.5 Å². The number of hydrogen-bond donors (Lipinski definition) is 0. The van der Waals surface area contributed by atoms with Crippen LogP contribution in [0.4, 0.5) is 13.2 Å². The first-order valence-electron chi connectivity index (χ1n) is 6.43. The molecule has 0 saturated carbocycles. The highest BCUT2D eigenvalue weighted by Gasteiger charge is 2.37. The molecule has 114 valence electrons. The summed E-state index contributed by atoms with van der Waals surface area (Å²) < 4.78 is 45.2. The van der Waals surface area contributed by atoms with Crippen molar-refractivity contribution >= 4 is 11.3 Å². The first kappa shape index (κ1) is 14.8. The zero-order valence-electron chi connectivity index (χ0n) is 11.7. The summed E-state index contributed by atoms with van der Waals surface area (Å²) in [4.78, 5) is -0.353. The van der Waals surface area contributed by atoms with E-state index in [2.05, 4.69) is 10.2 Å². The van der Waals surface area contributed by atoms with Gasteiger partial charge in [0.15, 0.2) is 0 Å². The first-order valence-corrected chi connectivity index (χ1v) is 7.25. The van der Waals surface area contributed by atoms with E-state index >= 15 is 0 Å². The van der Waals surface area contributed by atoms with E-state index in [1.165, 1.54) is 6.07 Å². The molecule has 0 radical (unpaired) electrons. The van der Waals surface area contributed by atoms with Crippen molar-refractivity contribution in [1.82, 2.24) is 10.2 Å². The Bertz CT molecular complexity index is 820. The predicted octanol–water partition coefficient (Wildman–Crippen LogP) is 5.10. The van der Waals surface area contributed by atoms with Crippen LogP contribution in [0.1, 0.15) is 16.3 Å². The van der Waals surface area contributed by atoms with E-state index in [4.69, 9.17) is 4.42 Å². The third kappa shape index (κ3) is 2.76. The average Bonchev–Trinajstić information content (AvgIpc) is 3.04. The highest BCUT2D eigenvalue weighted by molar-refractivity contribution is 7.16. The molecule has 0 aliphatic rings. The van der Waals surface area contributed by atoms with Crippen LogP contribution in [0.5, 0.6) is 0 Å². The van der Waals surface area contributed by atoms with Crippen LogP contribution >= 0.6 is 11.3 Å². The molecule has 0 amide bonds. The summed E-state index contributed by atoms with van der Waals surface area (Å²) in [5.41, 5.74) is 1.55. The molecule has 2 heterocycles. The lowest BCUT2D eigenvalue weighted by Crippen LogP contribution is -2.03. The molecular formula is C15H11F3N2OS. The Labute approximate surface area is 128 Å². The summed E-state index contributed by atoms with van der Waals surface area (Å²) in [6, 6.07) is 8.41. The van der Waals surface area contributed by atoms with Gasteiger partial charge in [0.25, 0.3) is 5.89 Å². The number of rotatable bonds is 2. The monoisotopic (exact) mass is 324 g/mol. The summed E-state index contributed by atoms with van der Waals surface area (Å²) in [6.07, 6.45) is -4.43. The summed E-state index contributed by atoms with van der Waals surface area (Å²) in [6.45, 7) is 3.43. The van der Waals surface area contributed by atoms with Gasteiger partial charge in [-0.25, -0.2) is 0 Å². The normalized spacial score (nSPS) is 11.9. The number of aryl methyl sites for hydroxylation is 2. The predicted molar refractivity (Wildman–Crippen MR) is 77.5 cm³/mol. The summed E-state index contributed by atoms with van der Waals surface area (Å²) in [5.74, 6) is 0.418. The maximum Gasteiger partial charge on any atom is 0.426 e. The van der Waals surface area contributed by atoms with Gasteiger partial charge in [0.05, 0.1) is 4.88 Å². The molecule has 0 aliphatic heterocycles. The number of thiophene rings is 1. The van der Waals surface area contributed by atoms with E-state index in [1.807, 2.05) is 13.0 Å². The van der Waals surface area contributed by atoms with Gasteiger partial charge in [0.1, 0.15) is 4.88 Å². The van der Waals surface area contributed by atoms with Crippen molar-refractivity contribution in [2.45, 2.75) is 20.0 Å². The molecule has 0 aliphatic carbocycles. The SMILES string of the molecule is Cc1cccc(-c2cc(-c3nnc(C)o3)sc2C(F)(F)F)c1. The summed E-state index contributed by atoms with van der Waals surface area (Å²) >= 11 is 0.612. The van der Waals surface area contributed by atoms with Gasteiger partial charge in [-0.2, -0.15) is 13.2 Å². The van der Waals surface area contributed by atoms with Gasteiger partial charge in [-0.15, -0.1) is 21.5 Å². The Hall–Kier alpha value is -2.15. The molecule has 0 N–H and O–H groups in total. The fourth-order valence-corrected chi connectivity index (χ4v) is 3.10. The van der Waals surface area contributed by atoms with E-state index < -0.39 is 11.1 Å². The van der Waals surface area contributed by atoms with E-state index in [0.29, 0.717) is 27.7 Å². The van der Waals surface area contributed by atoms with Crippen LogP contribution < -0.4 is 0 Å². The second-order valence-electron chi connectivity index (χ2n) is 4.85. The van der Waals surface area contributed by atoms with Crippen molar-refractivity contribution in [2.75, 3.05) is 0 Å². The van der Waals surface area contributed by atoms with Gasteiger partial charge in [-0.05, 0) is 18.6 Å². The fraction of sp³-hybridized carbons (Fsp3) is 0.200. The molecule has 1 aromatic carbocycles. The highest BCUT2D eigenvalue weighted by Crippen LogP contribution is 2.45. The molecule has 0 saturated heterocycles. The van der Waals surface area contributed by atoms with E-state index in [0.717, 1.165) is 5.56 Å². The Kier molecular flexibility index (Phi) is 3.52.